The van der Waals surface area contributed by atoms with Crippen molar-refractivity contribution in [3.8, 4) is 5.75 Å². The Morgan fingerprint density at radius 1 is 0.757 bits per heavy atom. The predicted molar refractivity (Wildman–Crippen MR) is 155 cm³/mol. The van der Waals surface area contributed by atoms with E-state index in [9.17, 15) is 4.79 Å². The lowest BCUT2D eigenvalue weighted by Gasteiger charge is -2.34. The quantitative estimate of drug-likeness (QED) is 0.102. The van der Waals surface area contributed by atoms with E-state index in [0.717, 1.165) is 18.7 Å². The molecular weight excluding hydrogens is 458 g/mol. The van der Waals surface area contributed by atoms with Crippen LogP contribution in [0.25, 0.3) is 0 Å². The summed E-state index contributed by atoms with van der Waals surface area (Å²) < 4.78 is 12.2. The van der Waals surface area contributed by atoms with Crippen LogP contribution in [-0.2, 0) is 22.5 Å². The van der Waals surface area contributed by atoms with Crippen LogP contribution in [0.1, 0.15) is 95.6 Å². The number of esters is 1. The molecule has 0 saturated carbocycles. The summed E-state index contributed by atoms with van der Waals surface area (Å²) in [6, 6.07) is 18.4. The van der Waals surface area contributed by atoms with Gasteiger partial charge in [0.2, 0.25) is 0 Å². The maximum Gasteiger partial charge on any atom is 0.364 e. The first-order valence-electron chi connectivity index (χ1n) is 14.7. The molecule has 0 spiro atoms. The Kier molecular flexibility index (Phi) is 15.0. The molecule has 1 unspecified atom stereocenters. The zero-order valence-corrected chi connectivity index (χ0v) is 24.1. The molecule has 4 nitrogen and oxygen atoms in total. The summed E-state index contributed by atoms with van der Waals surface area (Å²) in [5.74, 6) is 0.820. The third-order valence-corrected chi connectivity index (χ3v) is 7.39. The van der Waals surface area contributed by atoms with Gasteiger partial charge in [0, 0.05) is 12.0 Å². The lowest BCUT2D eigenvalue weighted by molar-refractivity contribution is -0.917. The Hall–Kier alpha value is -2.33. The highest BCUT2D eigenvalue weighted by Gasteiger charge is 2.32. The maximum absolute atomic E-state index is 12.7. The number of hydrogen-bond donors (Lipinski definition) is 0. The standard InChI is InChI=1S/C33H52NO3/c1-5-6-7-8-9-10-11-12-13-17-23-31-24-18-19-25-32(31)36-26-20-27-37-33(35)29(2)34(3,4)28-30-21-15-14-16-22-30/h14-16,18-19,21-22,24-25,29H,5-13,17,20,23,26-28H2,1-4H3/q+1. The van der Waals surface area contributed by atoms with Crippen molar-refractivity contribution in [3.05, 3.63) is 65.7 Å². The monoisotopic (exact) mass is 510 g/mol. The molecule has 1 atom stereocenters. The normalized spacial score (nSPS) is 12.3. The number of para-hydroxylation sites is 1. The van der Waals surface area contributed by atoms with Crippen molar-refractivity contribution in [2.24, 2.45) is 0 Å². The van der Waals surface area contributed by atoms with E-state index in [4.69, 9.17) is 9.47 Å². The van der Waals surface area contributed by atoms with E-state index in [1.807, 2.05) is 31.2 Å². The molecule has 0 radical (unpaired) electrons. The summed E-state index contributed by atoms with van der Waals surface area (Å²) in [7, 11) is 4.15. The van der Waals surface area contributed by atoms with Gasteiger partial charge in [-0.2, -0.15) is 0 Å². The second kappa shape index (κ2) is 18.0. The highest BCUT2D eigenvalue weighted by molar-refractivity contribution is 5.74. The van der Waals surface area contributed by atoms with Crippen LogP contribution in [0, 0.1) is 0 Å². The third kappa shape index (κ3) is 12.6. The van der Waals surface area contributed by atoms with E-state index in [2.05, 4.69) is 51.4 Å². The minimum absolute atomic E-state index is 0.151. The van der Waals surface area contributed by atoms with Crippen molar-refractivity contribution in [2.45, 2.75) is 103 Å². The molecule has 2 aromatic carbocycles. The first kappa shape index (κ1) is 30.9. The van der Waals surface area contributed by atoms with Crippen LogP contribution in [0.4, 0.5) is 0 Å². The van der Waals surface area contributed by atoms with Gasteiger partial charge in [-0.05, 0) is 31.4 Å². The Morgan fingerprint density at radius 3 is 2.03 bits per heavy atom. The number of unbranched alkanes of at least 4 members (excludes halogenated alkanes) is 9. The van der Waals surface area contributed by atoms with Gasteiger partial charge in [0.25, 0.3) is 0 Å². The molecule has 0 aliphatic rings. The van der Waals surface area contributed by atoms with Gasteiger partial charge in [-0.15, -0.1) is 0 Å². The molecular formula is C33H52NO3+. The lowest BCUT2D eigenvalue weighted by atomic mass is 10.0. The van der Waals surface area contributed by atoms with Crippen molar-refractivity contribution in [2.75, 3.05) is 27.3 Å². The Labute approximate surface area is 227 Å². The minimum atomic E-state index is -0.233. The molecule has 0 bridgehead atoms. The van der Waals surface area contributed by atoms with Gasteiger partial charge in [0.15, 0.2) is 6.04 Å². The van der Waals surface area contributed by atoms with Gasteiger partial charge < -0.3 is 14.0 Å². The average Bonchev–Trinajstić information content (AvgIpc) is 2.90. The third-order valence-electron chi connectivity index (χ3n) is 7.39. The summed E-state index contributed by atoms with van der Waals surface area (Å²) in [5, 5.41) is 0. The largest absolute Gasteiger partial charge is 0.493 e. The molecule has 0 aliphatic heterocycles. The number of aryl methyl sites for hydroxylation is 1. The molecule has 2 rings (SSSR count). The van der Waals surface area contributed by atoms with Crippen LogP contribution in [-0.4, -0.2) is 43.8 Å². The van der Waals surface area contributed by atoms with Crippen LogP contribution in [0.15, 0.2) is 54.6 Å². The van der Waals surface area contributed by atoms with E-state index in [-0.39, 0.29) is 12.0 Å². The molecule has 0 fully saturated rings. The summed E-state index contributed by atoms with van der Waals surface area (Å²) in [4.78, 5) is 12.7. The van der Waals surface area contributed by atoms with Crippen LogP contribution >= 0.6 is 0 Å². The number of carbonyl (C=O) groups is 1. The topological polar surface area (TPSA) is 35.5 Å². The van der Waals surface area contributed by atoms with Crippen LogP contribution in [0.3, 0.4) is 0 Å². The zero-order chi connectivity index (χ0) is 26.8. The summed E-state index contributed by atoms with van der Waals surface area (Å²) in [5.41, 5.74) is 2.50. The zero-order valence-electron chi connectivity index (χ0n) is 24.1. The Morgan fingerprint density at radius 2 is 1.35 bits per heavy atom. The SMILES string of the molecule is CCCCCCCCCCCCc1ccccc1OCCCOC(=O)C(C)[N+](C)(C)Cc1ccccc1. The Bertz CT molecular complexity index is 865. The van der Waals surface area contributed by atoms with Gasteiger partial charge in [0.05, 0.1) is 27.3 Å². The fourth-order valence-electron chi connectivity index (χ4n) is 4.66. The van der Waals surface area contributed by atoms with E-state index in [0.29, 0.717) is 24.1 Å². The van der Waals surface area contributed by atoms with Crippen molar-refractivity contribution >= 4 is 5.97 Å². The molecule has 0 heterocycles. The van der Waals surface area contributed by atoms with E-state index in [1.54, 1.807) is 0 Å². The van der Waals surface area contributed by atoms with Crippen molar-refractivity contribution in [3.63, 3.8) is 0 Å². The molecule has 2 aromatic rings. The fraction of sp³-hybridized carbons (Fsp3) is 0.606. The van der Waals surface area contributed by atoms with Crippen molar-refractivity contribution in [1.29, 1.82) is 0 Å². The number of quaternary nitrogens is 1. The maximum atomic E-state index is 12.7. The van der Waals surface area contributed by atoms with Crippen LogP contribution in [0.2, 0.25) is 0 Å². The molecule has 0 saturated heterocycles. The smallest absolute Gasteiger partial charge is 0.364 e. The molecule has 0 amide bonds. The molecule has 4 heteroatoms. The summed E-state index contributed by atoms with van der Waals surface area (Å²) >= 11 is 0. The predicted octanol–water partition coefficient (Wildman–Crippen LogP) is 8.13. The average molecular weight is 511 g/mol. The Balaban J connectivity index is 1.61. The highest BCUT2D eigenvalue weighted by Crippen LogP contribution is 2.21. The fourth-order valence-corrected chi connectivity index (χ4v) is 4.66. The molecule has 0 aliphatic carbocycles. The summed E-state index contributed by atoms with van der Waals surface area (Å²) in [6.07, 6.45) is 15.3. The van der Waals surface area contributed by atoms with Gasteiger partial charge in [-0.1, -0.05) is 113 Å². The number of rotatable bonds is 20. The number of nitrogens with zero attached hydrogens (tertiary/aromatic N) is 1. The van der Waals surface area contributed by atoms with Crippen LogP contribution < -0.4 is 4.74 Å². The lowest BCUT2D eigenvalue weighted by Crippen LogP contribution is -2.51. The number of ether oxygens (including phenoxy) is 2. The molecule has 206 valence electrons. The van der Waals surface area contributed by atoms with E-state index >= 15 is 0 Å². The van der Waals surface area contributed by atoms with Crippen molar-refractivity contribution in [1.82, 2.24) is 0 Å². The van der Waals surface area contributed by atoms with Gasteiger partial charge in [-0.3, -0.25) is 0 Å². The molecule has 0 aromatic heterocycles. The molecule has 0 N–H and O–H groups in total. The highest BCUT2D eigenvalue weighted by atomic mass is 16.5. The first-order chi connectivity index (χ1) is 17.9. The second-order valence-electron chi connectivity index (χ2n) is 11.0. The van der Waals surface area contributed by atoms with Crippen LogP contribution in [0.5, 0.6) is 5.75 Å². The van der Waals surface area contributed by atoms with Gasteiger partial charge in [-0.25, -0.2) is 4.79 Å². The number of hydrogen-bond acceptors (Lipinski definition) is 3. The van der Waals surface area contributed by atoms with Gasteiger partial charge >= 0.3 is 5.97 Å². The van der Waals surface area contributed by atoms with E-state index < -0.39 is 0 Å². The van der Waals surface area contributed by atoms with Crippen molar-refractivity contribution < 1.29 is 18.8 Å². The number of benzene rings is 2. The number of carbonyl (C=O) groups excluding carboxylic acids is 1. The molecule has 37 heavy (non-hydrogen) atoms. The van der Waals surface area contributed by atoms with Gasteiger partial charge in [0.1, 0.15) is 12.3 Å². The van der Waals surface area contributed by atoms with E-state index in [1.165, 1.54) is 75.3 Å². The minimum Gasteiger partial charge on any atom is -0.493 e. The number of likely N-dealkylation sites (N-methyl/N-ethyl adjacent to an activating group) is 1. The second-order valence-corrected chi connectivity index (χ2v) is 11.0. The first-order valence-corrected chi connectivity index (χ1v) is 14.7. The summed E-state index contributed by atoms with van der Waals surface area (Å²) in [6.45, 7) is 5.95.